The first-order valence-electron chi connectivity index (χ1n) is 9.58. The summed E-state index contributed by atoms with van der Waals surface area (Å²) in [5, 5.41) is 5.20. The maximum Gasteiger partial charge on any atom is 0.292 e. The van der Waals surface area contributed by atoms with Gasteiger partial charge in [0, 0.05) is 12.2 Å². The lowest BCUT2D eigenvalue weighted by Gasteiger charge is -2.22. The zero-order chi connectivity index (χ0) is 20.4. The van der Waals surface area contributed by atoms with Crippen LogP contribution in [0.3, 0.4) is 0 Å². The molecular formula is C21H20F2N4O2. The van der Waals surface area contributed by atoms with Gasteiger partial charge in [0.1, 0.15) is 17.3 Å². The third-order valence-electron chi connectivity index (χ3n) is 5.11. The average molecular weight is 398 g/mol. The molecule has 29 heavy (non-hydrogen) atoms. The summed E-state index contributed by atoms with van der Waals surface area (Å²) in [4.78, 5) is 29.7. The molecule has 2 amide bonds. The topological polar surface area (TPSA) is 75.5 Å². The minimum absolute atomic E-state index is 0.0847. The number of rotatable bonds is 4. The Kier molecular flexibility index (Phi) is 5.24. The quantitative estimate of drug-likeness (QED) is 0.699. The van der Waals surface area contributed by atoms with Crippen LogP contribution in [0, 0.1) is 11.6 Å². The number of imidazole rings is 1. The van der Waals surface area contributed by atoms with E-state index in [0.29, 0.717) is 5.52 Å². The number of hydrogen-bond acceptors (Lipinski definition) is 3. The zero-order valence-corrected chi connectivity index (χ0v) is 15.6. The second kappa shape index (κ2) is 7.98. The maximum absolute atomic E-state index is 13.9. The maximum atomic E-state index is 13.9. The number of nitrogens with zero attached hydrogens (tertiary/aromatic N) is 2. The molecule has 8 heteroatoms. The predicted molar refractivity (Wildman–Crippen MR) is 104 cm³/mol. The van der Waals surface area contributed by atoms with Crippen LogP contribution >= 0.6 is 0 Å². The number of anilines is 1. The molecule has 6 nitrogen and oxygen atoms in total. The SMILES string of the molecule is O=C(NC1CCCCC1)c1nc(C(=O)Nc2c(F)cccc2F)n2ccccc12. The monoisotopic (exact) mass is 398 g/mol. The Morgan fingerprint density at radius 3 is 2.41 bits per heavy atom. The molecule has 0 unspecified atom stereocenters. The van der Waals surface area contributed by atoms with Gasteiger partial charge in [-0.3, -0.25) is 14.0 Å². The number of nitrogens with one attached hydrogen (secondary N) is 2. The highest BCUT2D eigenvalue weighted by atomic mass is 19.1. The van der Waals surface area contributed by atoms with E-state index in [1.165, 1.54) is 10.5 Å². The van der Waals surface area contributed by atoms with Gasteiger partial charge >= 0.3 is 0 Å². The highest BCUT2D eigenvalue weighted by Gasteiger charge is 2.25. The van der Waals surface area contributed by atoms with Crippen molar-refractivity contribution >= 4 is 23.0 Å². The first-order valence-corrected chi connectivity index (χ1v) is 9.58. The van der Waals surface area contributed by atoms with Crippen molar-refractivity contribution in [1.82, 2.24) is 14.7 Å². The van der Waals surface area contributed by atoms with Gasteiger partial charge in [-0.15, -0.1) is 0 Å². The van der Waals surface area contributed by atoms with Gasteiger partial charge in [0.15, 0.2) is 5.69 Å². The molecule has 0 aliphatic heterocycles. The number of carbonyl (C=O) groups is 2. The third kappa shape index (κ3) is 3.83. The van der Waals surface area contributed by atoms with Crippen LogP contribution in [0.5, 0.6) is 0 Å². The van der Waals surface area contributed by atoms with Crippen molar-refractivity contribution in [3.8, 4) is 0 Å². The number of hydrogen-bond donors (Lipinski definition) is 2. The number of carbonyl (C=O) groups excluding carboxylic acids is 2. The van der Waals surface area contributed by atoms with Gasteiger partial charge in [0.2, 0.25) is 5.82 Å². The molecule has 1 aliphatic carbocycles. The standard InChI is InChI=1S/C21H20F2N4O2/c22-14-9-6-10-15(23)17(14)26-21(29)19-25-18(16-11-4-5-12-27(16)19)20(28)24-13-7-2-1-3-8-13/h4-6,9-13H,1-3,7-8H2,(H,24,28)(H,26,29). The first kappa shape index (κ1) is 19.0. The Morgan fingerprint density at radius 2 is 1.69 bits per heavy atom. The van der Waals surface area contributed by atoms with E-state index >= 15 is 0 Å². The number of amides is 2. The molecule has 2 N–H and O–H groups in total. The zero-order valence-electron chi connectivity index (χ0n) is 15.6. The van der Waals surface area contributed by atoms with E-state index in [1.54, 1.807) is 24.4 Å². The molecule has 1 aromatic carbocycles. The van der Waals surface area contributed by atoms with Crippen molar-refractivity contribution in [2.24, 2.45) is 0 Å². The summed E-state index contributed by atoms with van der Waals surface area (Å²) in [5.41, 5.74) is -0.00585. The summed E-state index contributed by atoms with van der Waals surface area (Å²) in [6.45, 7) is 0. The van der Waals surface area contributed by atoms with Gasteiger partial charge in [-0.2, -0.15) is 0 Å². The third-order valence-corrected chi connectivity index (χ3v) is 5.11. The molecule has 2 aromatic heterocycles. The van der Waals surface area contributed by atoms with Crippen LogP contribution in [0.25, 0.3) is 5.52 Å². The molecular weight excluding hydrogens is 378 g/mol. The molecule has 1 aliphatic rings. The molecule has 0 spiro atoms. The van der Waals surface area contributed by atoms with Crippen LogP contribution in [-0.2, 0) is 0 Å². The number of halogens is 2. The van der Waals surface area contributed by atoms with Crippen molar-refractivity contribution in [1.29, 1.82) is 0 Å². The van der Waals surface area contributed by atoms with E-state index in [9.17, 15) is 18.4 Å². The number of fused-ring (bicyclic) bond motifs is 1. The largest absolute Gasteiger partial charge is 0.348 e. The second-order valence-corrected chi connectivity index (χ2v) is 7.10. The summed E-state index contributed by atoms with van der Waals surface area (Å²) in [5.74, 6) is -3.09. The molecule has 4 rings (SSSR count). The van der Waals surface area contributed by atoms with E-state index in [-0.39, 0.29) is 23.5 Å². The Hall–Kier alpha value is -3.29. The summed E-state index contributed by atoms with van der Waals surface area (Å²) in [6.07, 6.45) is 6.70. The van der Waals surface area contributed by atoms with E-state index in [1.807, 2.05) is 0 Å². The molecule has 0 atom stereocenters. The minimum atomic E-state index is -0.894. The van der Waals surface area contributed by atoms with Gasteiger partial charge in [-0.25, -0.2) is 13.8 Å². The fourth-order valence-electron chi connectivity index (χ4n) is 3.65. The molecule has 2 heterocycles. The Labute approximate surface area is 165 Å². The van der Waals surface area contributed by atoms with Gasteiger partial charge in [-0.05, 0) is 37.1 Å². The van der Waals surface area contributed by atoms with Gasteiger partial charge < -0.3 is 10.6 Å². The number of benzene rings is 1. The lowest BCUT2D eigenvalue weighted by Crippen LogP contribution is -2.36. The fourth-order valence-corrected chi connectivity index (χ4v) is 3.65. The summed E-state index contributed by atoms with van der Waals surface area (Å²) in [6, 6.07) is 8.46. The van der Waals surface area contributed by atoms with Crippen LogP contribution in [0.2, 0.25) is 0 Å². The van der Waals surface area contributed by atoms with Crippen molar-refractivity contribution in [2.75, 3.05) is 5.32 Å². The second-order valence-electron chi connectivity index (χ2n) is 7.10. The molecule has 0 saturated heterocycles. The molecule has 150 valence electrons. The summed E-state index contributed by atoms with van der Waals surface area (Å²) in [7, 11) is 0. The van der Waals surface area contributed by atoms with Crippen LogP contribution in [0.4, 0.5) is 14.5 Å². The number of aromatic nitrogens is 2. The molecule has 0 radical (unpaired) electrons. The lowest BCUT2D eigenvalue weighted by molar-refractivity contribution is 0.0925. The van der Waals surface area contributed by atoms with E-state index in [4.69, 9.17) is 0 Å². The number of pyridine rings is 1. The fraction of sp³-hybridized carbons (Fsp3) is 0.286. The van der Waals surface area contributed by atoms with E-state index in [0.717, 1.165) is 44.2 Å². The summed E-state index contributed by atoms with van der Waals surface area (Å²) >= 11 is 0. The van der Waals surface area contributed by atoms with Gasteiger partial charge in [0.05, 0.1) is 5.52 Å². The summed E-state index contributed by atoms with van der Waals surface area (Å²) < 4.78 is 29.2. The minimum Gasteiger partial charge on any atom is -0.348 e. The van der Waals surface area contributed by atoms with Crippen molar-refractivity contribution in [3.05, 3.63) is 65.7 Å². The first-order chi connectivity index (χ1) is 14.0. The van der Waals surface area contributed by atoms with Crippen molar-refractivity contribution < 1.29 is 18.4 Å². The van der Waals surface area contributed by atoms with Crippen LogP contribution in [-0.4, -0.2) is 27.2 Å². The van der Waals surface area contributed by atoms with Crippen LogP contribution < -0.4 is 10.6 Å². The Balaban J connectivity index is 1.65. The van der Waals surface area contributed by atoms with Crippen molar-refractivity contribution in [3.63, 3.8) is 0 Å². The molecule has 1 fully saturated rings. The smallest absolute Gasteiger partial charge is 0.292 e. The van der Waals surface area contributed by atoms with E-state index in [2.05, 4.69) is 15.6 Å². The Morgan fingerprint density at radius 1 is 0.966 bits per heavy atom. The van der Waals surface area contributed by atoms with Crippen molar-refractivity contribution in [2.45, 2.75) is 38.1 Å². The van der Waals surface area contributed by atoms with Gasteiger partial charge in [-0.1, -0.05) is 31.4 Å². The average Bonchev–Trinajstić information content (AvgIpc) is 3.11. The number of para-hydroxylation sites is 1. The molecule has 1 saturated carbocycles. The molecule has 0 bridgehead atoms. The normalized spacial score (nSPS) is 14.7. The van der Waals surface area contributed by atoms with Crippen LogP contribution in [0.1, 0.15) is 53.2 Å². The lowest BCUT2D eigenvalue weighted by atomic mass is 9.95. The predicted octanol–water partition coefficient (Wildman–Crippen LogP) is 3.93. The van der Waals surface area contributed by atoms with Gasteiger partial charge in [0.25, 0.3) is 11.8 Å². The highest BCUT2D eigenvalue weighted by molar-refractivity contribution is 6.06. The Bertz CT molecular complexity index is 1050. The highest BCUT2D eigenvalue weighted by Crippen LogP contribution is 2.21. The van der Waals surface area contributed by atoms with Crippen LogP contribution in [0.15, 0.2) is 42.6 Å². The molecule has 3 aromatic rings. The van der Waals surface area contributed by atoms with E-state index < -0.39 is 23.2 Å².